The molecule has 1 aliphatic heterocycles. The number of thioether (sulfide) groups is 1. The zero-order valence-corrected chi connectivity index (χ0v) is 12.9. The molecule has 6 heteroatoms. The van der Waals surface area contributed by atoms with Gasteiger partial charge in [0.05, 0.1) is 0 Å². The molecule has 1 saturated heterocycles. The maximum atomic E-state index is 4.55. The number of nitrogens with zero attached hydrogens (tertiary/aromatic N) is 4. The summed E-state index contributed by atoms with van der Waals surface area (Å²) in [5, 5.41) is 0. The van der Waals surface area contributed by atoms with Crippen molar-refractivity contribution in [1.29, 1.82) is 0 Å². The number of anilines is 1. The number of hydrogen-bond acceptors (Lipinski definition) is 6. The summed E-state index contributed by atoms with van der Waals surface area (Å²) < 4.78 is 2.22. The van der Waals surface area contributed by atoms with E-state index in [1.165, 1.54) is 25.7 Å². The van der Waals surface area contributed by atoms with Crippen LogP contribution in [0.1, 0.15) is 32.6 Å². The van der Waals surface area contributed by atoms with Gasteiger partial charge < -0.3 is 4.90 Å². The van der Waals surface area contributed by atoms with E-state index in [-0.39, 0.29) is 0 Å². The van der Waals surface area contributed by atoms with Crippen molar-refractivity contribution < 1.29 is 0 Å². The molecule has 0 bridgehead atoms. The van der Waals surface area contributed by atoms with Crippen molar-refractivity contribution in [1.82, 2.24) is 15.0 Å². The molecule has 0 aliphatic carbocycles. The van der Waals surface area contributed by atoms with E-state index in [1.807, 2.05) is 0 Å². The zero-order valence-electron chi connectivity index (χ0n) is 11.3. The standard InChI is InChI=1S/C13H18N4S2/c1-3-9-6-4-5-7-17(9)12-10-11(14-8-15-12)16-13(18-2)19-10/h8-9H,3-7H2,1-2H3. The molecular formula is C13H18N4S2. The van der Waals surface area contributed by atoms with Gasteiger partial charge in [0.2, 0.25) is 0 Å². The predicted molar refractivity (Wildman–Crippen MR) is 82.3 cm³/mol. The van der Waals surface area contributed by atoms with Crippen molar-refractivity contribution in [3.05, 3.63) is 6.33 Å². The third-order valence-electron chi connectivity index (χ3n) is 3.70. The van der Waals surface area contributed by atoms with E-state index in [0.29, 0.717) is 6.04 Å². The van der Waals surface area contributed by atoms with Gasteiger partial charge in [-0.05, 0) is 31.9 Å². The van der Waals surface area contributed by atoms with Gasteiger partial charge in [0.1, 0.15) is 11.0 Å². The second-order valence-corrected chi connectivity index (χ2v) is 6.84. The maximum Gasteiger partial charge on any atom is 0.176 e. The molecule has 0 spiro atoms. The Morgan fingerprint density at radius 1 is 1.42 bits per heavy atom. The Kier molecular flexibility index (Phi) is 3.88. The molecule has 0 aromatic carbocycles. The summed E-state index contributed by atoms with van der Waals surface area (Å²) in [6.07, 6.45) is 8.76. The van der Waals surface area contributed by atoms with Crippen LogP contribution in [-0.4, -0.2) is 33.8 Å². The Balaban J connectivity index is 2.05. The molecule has 1 fully saturated rings. The first-order chi connectivity index (χ1) is 9.33. The smallest absolute Gasteiger partial charge is 0.176 e. The average molecular weight is 294 g/mol. The summed E-state index contributed by atoms with van der Waals surface area (Å²) in [6.45, 7) is 3.37. The SMILES string of the molecule is CCC1CCCCN1c1ncnc2nc(SC)sc12. The molecule has 4 nitrogen and oxygen atoms in total. The number of rotatable bonds is 3. The maximum absolute atomic E-state index is 4.55. The molecule has 0 N–H and O–H groups in total. The first-order valence-electron chi connectivity index (χ1n) is 6.75. The average Bonchev–Trinajstić information content (AvgIpc) is 2.90. The molecule has 3 rings (SSSR count). The number of piperidine rings is 1. The Morgan fingerprint density at radius 2 is 2.32 bits per heavy atom. The van der Waals surface area contributed by atoms with Gasteiger partial charge in [-0.25, -0.2) is 15.0 Å². The fraction of sp³-hybridized carbons (Fsp3) is 0.615. The van der Waals surface area contributed by atoms with Gasteiger partial charge in [-0.1, -0.05) is 18.7 Å². The fourth-order valence-electron chi connectivity index (χ4n) is 2.72. The minimum atomic E-state index is 0.617. The number of fused-ring (bicyclic) bond motifs is 1. The van der Waals surface area contributed by atoms with Crippen molar-refractivity contribution in [2.45, 2.75) is 43.0 Å². The molecular weight excluding hydrogens is 276 g/mol. The normalized spacial score (nSPS) is 20.1. The van der Waals surface area contributed by atoms with E-state index in [2.05, 4.69) is 33.0 Å². The fourth-order valence-corrected chi connectivity index (χ4v) is 4.24. The molecule has 0 saturated carbocycles. The predicted octanol–water partition coefficient (Wildman–Crippen LogP) is 3.58. The molecule has 102 valence electrons. The summed E-state index contributed by atoms with van der Waals surface area (Å²) in [4.78, 5) is 15.9. The van der Waals surface area contributed by atoms with Crippen LogP contribution in [0, 0.1) is 0 Å². The van der Waals surface area contributed by atoms with Gasteiger partial charge in [0, 0.05) is 12.6 Å². The van der Waals surface area contributed by atoms with E-state index in [1.54, 1.807) is 29.4 Å². The van der Waals surface area contributed by atoms with Crippen molar-refractivity contribution in [2.24, 2.45) is 0 Å². The summed E-state index contributed by atoms with van der Waals surface area (Å²) in [5.41, 5.74) is 0.847. The number of thiazole rings is 1. The molecule has 1 aliphatic rings. The summed E-state index contributed by atoms with van der Waals surface area (Å²) in [7, 11) is 0. The third-order valence-corrected chi connectivity index (χ3v) is 5.72. The highest BCUT2D eigenvalue weighted by atomic mass is 32.2. The highest BCUT2D eigenvalue weighted by Crippen LogP contribution is 2.35. The monoisotopic (exact) mass is 294 g/mol. The molecule has 1 atom stereocenters. The van der Waals surface area contributed by atoms with Crippen molar-refractivity contribution >= 4 is 39.3 Å². The molecule has 1 unspecified atom stereocenters. The van der Waals surface area contributed by atoms with Crippen molar-refractivity contribution in [2.75, 3.05) is 17.7 Å². The zero-order chi connectivity index (χ0) is 13.2. The molecule has 2 aromatic heterocycles. The lowest BCUT2D eigenvalue weighted by Gasteiger charge is -2.36. The quantitative estimate of drug-likeness (QED) is 0.809. The first-order valence-corrected chi connectivity index (χ1v) is 8.79. The van der Waals surface area contributed by atoms with Crippen LogP contribution in [0.15, 0.2) is 10.7 Å². The van der Waals surface area contributed by atoms with Gasteiger partial charge in [0.25, 0.3) is 0 Å². The molecule has 0 amide bonds. The van der Waals surface area contributed by atoms with E-state index < -0.39 is 0 Å². The van der Waals surface area contributed by atoms with Gasteiger partial charge in [-0.3, -0.25) is 0 Å². The van der Waals surface area contributed by atoms with Crippen LogP contribution in [0.4, 0.5) is 5.82 Å². The lowest BCUT2D eigenvalue weighted by atomic mass is 10.0. The second-order valence-electron chi connectivity index (χ2n) is 4.79. The molecule has 3 heterocycles. The lowest BCUT2D eigenvalue weighted by Crippen LogP contribution is -2.39. The molecule has 2 aromatic rings. The second kappa shape index (κ2) is 5.63. The van der Waals surface area contributed by atoms with E-state index in [9.17, 15) is 0 Å². The third kappa shape index (κ3) is 2.43. The summed E-state index contributed by atoms with van der Waals surface area (Å²) >= 11 is 3.39. The van der Waals surface area contributed by atoms with Crippen LogP contribution in [0.25, 0.3) is 10.3 Å². The molecule has 19 heavy (non-hydrogen) atoms. The Labute approximate surface area is 121 Å². The lowest BCUT2D eigenvalue weighted by molar-refractivity contribution is 0.448. The number of aromatic nitrogens is 3. The first kappa shape index (κ1) is 13.1. The van der Waals surface area contributed by atoms with E-state index >= 15 is 0 Å². The van der Waals surface area contributed by atoms with Gasteiger partial charge >= 0.3 is 0 Å². The summed E-state index contributed by atoms with van der Waals surface area (Å²) in [5.74, 6) is 1.09. The Bertz CT molecular complexity index is 569. The highest BCUT2D eigenvalue weighted by molar-refractivity contribution is 8.00. The van der Waals surface area contributed by atoms with Gasteiger partial charge in [-0.15, -0.1) is 11.3 Å². The van der Waals surface area contributed by atoms with Crippen LogP contribution < -0.4 is 4.90 Å². The van der Waals surface area contributed by atoms with Crippen LogP contribution in [0.5, 0.6) is 0 Å². The summed E-state index contributed by atoms with van der Waals surface area (Å²) in [6, 6.07) is 0.617. The van der Waals surface area contributed by atoms with Crippen LogP contribution in [0.3, 0.4) is 0 Å². The Morgan fingerprint density at radius 3 is 3.11 bits per heavy atom. The van der Waals surface area contributed by atoms with Gasteiger partial charge in [-0.2, -0.15) is 0 Å². The minimum absolute atomic E-state index is 0.617. The molecule has 0 radical (unpaired) electrons. The topological polar surface area (TPSA) is 41.9 Å². The number of hydrogen-bond donors (Lipinski definition) is 0. The van der Waals surface area contributed by atoms with Crippen LogP contribution in [0.2, 0.25) is 0 Å². The highest BCUT2D eigenvalue weighted by Gasteiger charge is 2.24. The van der Waals surface area contributed by atoms with Crippen molar-refractivity contribution in [3.63, 3.8) is 0 Å². The largest absolute Gasteiger partial charge is 0.352 e. The van der Waals surface area contributed by atoms with E-state index in [0.717, 1.165) is 27.0 Å². The van der Waals surface area contributed by atoms with Crippen LogP contribution >= 0.6 is 23.1 Å². The van der Waals surface area contributed by atoms with Gasteiger partial charge in [0.15, 0.2) is 15.8 Å². The minimum Gasteiger partial charge on any atom is -0.352 e. The van der Waals surface area contributed by atoms with E-state index in [4.69, 9.17) is 0 Å². The Hall–Kier alpha value is -0.880. The van der Waals surface area contributed by atoms with Crippen LogP contribution in [-0.2, 0) is 0 Å². The van der Waals surface area contributed by atoms with Crippen molar-refractivity contribution in [3.8, 4) is 0 Å².